The number of aromatic hydroxyl groups is 1. The summed E-state index contributed by atoms with van der Waals surface area (Å²) in [6.07, 6.45) is 0. The number of nitrogens with two attached hydrogens (primary N) is 2. The fourth-order valence-electron chi connectivity index (χ4n) is 4.73. The fraction of sp³-hybridized carbons (Fsp3) is 0.0645. The summed E-state index contributed by atoms with van der Waals surface area (Å²) in [5, 5.41) is 26.3. The van der Waals surface area contributed by atoms with Crippen LogP contribution in [0.1, 0.15) is 22.3 Å². The number of nitrogen functional groups attached to an aromatic ring is 2. The van der Waals surface area contributed by atoms with Gasteiger partial charge in [0.2, 0.25) is 0 Å². The van der Waals surface area contributed by atoms with Gasteiger partial charge in [-0.15, -0.1) is 0 Å². The van der Waals surface area contributed by atoms with Crippen LogP contribution in [0.2, 0.25) is 0 Å². The predicted molar refractivity (Wildman–Crippen MR) is 154 cm³/mol. The lowest BCUT2D eigenvalue weighted by molar-refractivity contribution is 0.465. The van der Waals surface area contributed by atoms with E-state index in [2.05, 4.69) is 0 Å². The lowest BCUT2D eigenvalue weighted by atomic mass is 10.0. The van der Waals surface area contributed by atoms with Gasteiger partial charge in [-0.1, -0.05) is 78.9 Å². The van der Waals surface area contributed by atoms with Crippen LogP contribution in [0.5, 0.6) is 5.75 Å². The van der Waals surface area contributed by atoms with Gasteiger partial charge in [-0.05, 0) is 29.8 Å². The van der Waals surface area contributed by atoms with Gasteiger partial charge in [0.1, 0.15) is 17.4 Å². The first-order valence-electron chi connectivity index (χ1n) is 12.4. The molecule has 0 amide bonds. The largest absolute Gasteiger partial charge is 0.508 e. The zero-order valence-corrected chi connectivity index (χ0v) is 21.1. The van der Waals surface area contributed by atoms with Gasteiger partial charge in [-0.25, -0.2) is 4.79 Å². The van der Waals surface area contributed by atoms with Crippen LogP contribution in [0.15, 0.2) is 108 Å². The number of phenolic OH excluding ortho intramolecular Hbond substituents is 1. The highest BCUT2D eigenvalue weighted by atomic mass is 16.3. The van der Waals surface area contributed by atoms with Gasteiger partial charge in [-0.2, -0.15) is 0 Å². The number of amidine groups is 2. The van der Waals surface area contributed by atoms with E-state index in [0.29, 0.717) is 22.4 Å². The minimum Gasteiger partial charge on any atom is -0.508 e. The molecule has 1 heterocycles. The molecule has 5 rings (SSSR count). The van der Waals surface area contributed by atoms with E-state index < -0.39 is 0 Å². The highest BCUT2D eigenvalue weighted by molar-refractivity contribution is 5.95. The van der Waals surface area contributed by atoms with Crippen molar-refractivity contribution in [3.63, 3.8) is 0 Å². The Labute approximate surface area is 225 Å². The van der Waals surface area contributed by atoms with Gasteiger partial charge >= 0.3 is 5.69 Å². The van der Waals surface area contributed by atoms with Crippen molar-refractivity contribution in [2.75, 3.05) is 0 Å². The Morgan fingerprint density at radius 1 is 0.667 bits per heavy atom. The molecule has 0 atom stereocenters. The minimum absolute atomic E-state index is 0.00841. The van der Waals surface area contributed by atoms with Crippen molar-refractivity contribution in [2.45, 2.75) is 13.1 Å². The lowest BCUT2D eigenvalue weighted by Gasteiger charge is -2.13. The molecule has 0 fully saturated rings. The van der Waals surface area contributed by atoms with E-state index in [1.165, 1.54) is 6.07 Å². The van der Waals surface area contributed by atoms with Crippen LogP contribution in [-0.4, -0.2) is 25.9 Å². The van der Waals surface area contributed by atoms with E-state index in [1.54, 1.807) is 27.3 Å². The predicted octanol–water partition coefficient (Wildman–Crippen LogP) is 4.35. The number of imidazole rings is 1. The highest BCUT2D eigenvalue weighted by Crippen LogP contribution is 2.33. The summed E-state index contributed by atoms with van der Waals surface area (Å²) in [6.45, 7) is 0.312. The van der Waals surface area contributed by atoms with E-state index in [1.807, 2.05) is 78.9 Å². The number of nitrogens with zero attached hydrogens (tertiary/aromatic N) is 2. The third-order valence-corrected chi connectivity index (χ3v) is 6.62. The molecule has 39 heavy (non-hydrogen) atoms. The zero-order valence-electron chi connectivity index (χ0n) is 21.1. The normalized spacial score (nSPS) is 10.9. The molecule has 0 radical (unpaired) electrons. The molecule has 0 aliphatic carbocycles. The van der Waals surface area contributed by atoms with Crippen LogP contribution in [-0.2, 0) is 13.1 Å². The second kappa shape index (κ2) is 10.5. The second-order valence-electron chi connectivity index (χ2n) is 9.26. The zero-order chi connectivity index (χ0) is 27.5. The Hall–Kier alpha value is -5.37. The van der Waals surface area contributed by atoms with Crippen molar-refractivity contribution >= 4 is 11.7 Å². The van der Waals surface area contributed by atoms with Gasteiger partial charge in [0.15, 0.2) is 0 Å². The number of hydrogen-bond donors (Lipinski definition) is 5. The summed E-state index contributed by atoms with van der Waals surface area (Å²) < 4.78 is 3.36. The molecule has 8 nitrogen and oxygen atoms in total. The van der Waals surface area contributed by atoms with Crippen LogP contribution in [0, 0.1) is 10.8 Å². The molecule has 7 N–H and O–H groups in total. The molecular weight excluding hydrogens is 488 g/mol. The molecule has 0 bridgehead atoms. The third-order valence-electron chi connectivity index (χ3n) is 6.62. The Kier molecular flexibility index (Phi) is 6.84. The smallest absolute Gasteiger partial charge is 0.329 e. The van der Waals surface area contributed by atoms with Crippen LogP contribution in [0.4, 0.5) is 0 Å². The first-order valence-corrected chi connectivity index (χ1v) is 12.4. The van der Waals surface area contributed by atoms with Crippen molar-refractivity contribution in [1.29, 1.82) is 10.8 Å². The molecule has 194 valence electrons. The van der Waals surface area contributed by atoms with Gasteiger partial charge in [-0.3, -0.25) is 20.0 Å². The number of aromatic nitrogens is 2. The SMILES string of the molecule is N=C(N)c1cccc(Cn2c(-c3ccccc3)c(-c3ccccc3)n(Cc3cc(C(=N)N)ccc3O)c2=O)c1. The minimum atomic E-state index is -0.270. The van der Waals surface area contributed by atoms with Crippen LogP contribution < -0.4 is 17.2 Å². The summed E-state index contributed by atoms with van der Waals surface area (Å²) in [5.74, 6) is -0.162. The number of rotatable bonds is 8. The summed E-state index contributed by atoms with van der Waals surface area (Å²) in [4.78, 5) is 14.2. The topological polar surface area (TPSA) is 147 Å². The van der Waals surface area contributed by atoms with E-state index in [4.69, 9.17) is 22.3 Å². The number of phenols is 1. The van der Waals surface area contributed by atoms with Crippen LogP contribution in [0.25, 0.3) is 22.5 Å². The summed E-state index contributed by atoms with van der Waals surface area (Å²) in [6, 6.07) is 31.3. The van der Waals surface area contributed by atoms with Crippen LogP contribution >= 0.6 is 0 Å². The molecule has 0 spiro atoms. The van der Waals surface area contributed by atoms with Crippen molar-refractivity contribution in [3.05, 3.63) is 136 Å². The average Bonchev–Trinajstić information content (AvgIpc) is 3.21. The molecule has 0 aliphatic rings. The average molecular weight is 517 g/mol. The van der Waals surface area contributed by atoms with Crippen LogP contribution in [0.3, 0.4) is 0 Å². The monoisotopic (exact) mass is 516 g/mol. The fourth-order valence-corrected chi connectivity index (χ4v) is 4.73. The summed E-state index contributed by atoms with van der Waals surface area (Å²) in [5.41, 5.74) is 16.6. The third kappa shape index (κ3) is 5.08. The maximum atomic E-state index is 14.2. The standard InChI is InChI=1S/C31H28N6O2/c32-29(33)23-13-7-8-20(16-23)18-36-27(21-9-3-1-4-10-21)28(22-11-5-2-6-12-22)37(31(36)39)19-25-17-24(30(34)35)14-15-26(25)38/h1-17,38H,18-19H2,(H3,32,33)(H3,34,35). The number of nitrogens with one attached hydrogen (secondary N) is 2. The molecule has 0 saturated carbocycles. The Balaban J connectivity index is 1.78. The summed E-state index contributed by atoms with van der Waals surface area (Å²) >= 11 is 0. The van der Waals surface area contributed by atoms with Crippen molar-refractivity contribution in [2.24, 2.45) is 11.5 Å². The molecule has 0 unspecified atom stereocenters. The van der Waals surface area contributed by atoms with Gasteiger partial charge < -0.3 is 16.6 Å². The molecule has 4 aromatic carbocycles. The van der Waals surface area contributed by atoms with E-state index >= 15 is 0 Å². The molecular formula is C31H28N6O2. The van der Waals surface area contributed by atoms with E-state index in [9.17, 15) is 9.90 Å². The first kappa shape index (κ1) is 25.3. The molecule has 5 aromatic rings. The van der Waals surface area contributed by atoms with Crippen molar-refractivity contribution in [1.82, 2.24) is 9.13 Å². The lowest BCUT2D eigenvalue weighted by Crippen LogP contribution is -2.26. The van der Waals surface area contributed by atoms with E-state index in [-0.39, 0.29) is 36.2 Å². The Bertz CT molecular complexity index is 1740. The number of hydrogen-bond acceptors (Lipinski definition) is 4. The maximum absolute atomic E-state index is 14.2. The maximum Gasteiger partial charge on any atom is 0.329 e. The molecule has 0 saturated heterocycles. The quantitative estimate of drug-likeness (QED) is 0.154. The van der Waals surface area contributed by atoms with E-state index in [0.717, 1.165) is 22.4 Å². The Morgan fingerprint density at radius 2 is 1.21 bits per heavy atom. The molecule has 8 heteroatoms. The van der Waals surface area contributed by atoms with Gasteiger partial charge in [0, 0.05) is 27.8 Å². The highest BCUT2D eigenvalue weighted by Gasteiger charge is 2.24. The van der Waals surface area contributed by atoms with Gasteiger partial charge in [0.05, 0.1) is 24.5 Å². The van der Waals surface area contributed by atoms with Crippen molar-refractivity contribution in [3.8, 4) is 28.3 Å². The molecule has 1 aromatic heterocycles. The molecule has 0 aliphatic heterocycles. The van der Waals surface area contributed by atoms with Gasteiger partial charge in [0.25, 0.3) is 0 Å². The summed E-state index contributed by atoms with van der Waals surface area (Å²) in [7, 11) is 0. The second-order valence-corrected chi connectivity index (χ2v) is 9.26. The number of benzene rings is 4. The first-order chi connectivity index (χ1) is 18.8. The van der Waals surface area contributed by atoms with Crippen molar-refractivity contribution < 1.29 is 5.11 Å². The Morgan fingerprint density at radius 3 is 1.77 bits per heavy atom.